The number of rotatable bonds is 5. The fourth-order valence-corrected chi connectivity index (χ4v) is 1.54. The first kappa shape index (κ1) is 16.5. The Balaban J connectivity index is 2.34. The highest BCUT2D eigenvalue weighted by molar-refractivity contribution is 5.67. The first-order valence-electron chi connectivity index (χ1n) is 6.68. The van der Waals surface area contributed by atoms with Crippen molar-refractivity contribution in [1.82, 2.24) is 5.01 Å². The van der Waals surface area contributed by atoms with Crippen LogP contribution in [0, 0.1) is 0 Å². The van der Waals surface area contributed by atoms with Crippen molar-refractivity contribution in [1.29, 1.82) is 0 Å². The van der Waals surface area contributed by atoms with Gasteiger partial charge in [-0.2, -0.15) is 0 Å². The molecule has 0 aliphatic carbocycles. The Labute approximate surface area is 120 Å². The van der Waals surface area contributed by atoms with Crippen molar-refractivity contribution in [3.05, 3.63) is 35.9 Å². The van der Waals surface area contributed by atoms with Gasteiger partial charge in [-0.3, -0.25) is 0 Å². The van der Waals surface area contributed by atoms with E-state index in [-0.39, 0.29) is 12.6 Å². The number of nitrogens with two attached hydrogens (primary N) is 1. The first-order valence-corrected chi connectivity index (χ1v) is 6.68. The second-order valence-electron chi connectivity index (χ2n) is 5.74. The van der Waals surface area contributed by atoms with E-state index in [4.69, 9.17) is 15.3 Å². The van der Waals surface area contributed by atoms with Gasteiger partial charge in [0.25, 0.3) is 0 Å². The molecule has 1 amide bonds. The molecule has 0 bridgehead atoms. The molecule has 0 heterocycles. The van der Waals surface area contributed by atoms with Gasteiger partial charge in [0.15, 0.2) is 0 Å². The molecule has 1 unspecified atom stereocenters. The summed E-state index contributed by atoms with van der Waals surface area (Å²) in [6, 6.07) is 9.84. The summed E-state index contributed by atoms with van der Waals surface area (Å²) in [5.74, 6) is 5.67. The van der Waals surface area contributed by atoms with Crippen LogP contribution in [-0.4, -0.2) is 29.4 Å². The van der Waals surface area contributed by atoms with E-state index in [1.807, 2.05) is 37.3 Å². The Kier molecular flexibility index (Phi) is 5.98. The predicted molar refractivity (Wildman–Crippen MR) is 77.8 cm³/mol. The second-order valence-corrected chi connectivity index (χ2v) is 5.74. The summed E-state index contributed by atoms with van der Waals surface area (Å²) in [5.41, 5.74) is 0.531. The smallest absolute Gasteiger partial charge is 0.424 e. The molecule has 0 radical (unpaired) electrons. The molecule has 0 saturated heterocycles. The van der Waals surface area contributed by atoms with Crippen LogP contribution in [-0.2, 0) is 16.1 Å². The van der Waals surface area contributed by atoms with Gasteiger partial charge < -0.3 is 9.47 Å². The molecule has 1 aromatic carbocycles. The maximum atomic E-state index is 11.7. The Morgan fingerprint density at radius 2 is 1.90 bits per heavy atom. The highest BCUT2D eigenvalue weighted by atomic mass is 16.6. The lowest BCUT2D eigenvalue weighted by Gasteiger charge is -2.26. The molecule has 2 N–H and O–H groups in total. The van der Waals surface area contributed by atoms with Gasteiger partial charge in [0.2, 0.25) is 0 Å². The molecule has 0 aliphatic heterocycles. The SMILES string of the molecule is CC(CN(N)C(=O)OC(C)(C)C)OCc1ccccc1. The van der Waals surface area contributed by atoms with Gasteiger partial charge in [0.1, 0.15) is 5.60 Å². The maximum absolute atomic E-state index is 11.7. The molecule has 5 heteroatoms. The maximum Gasteiger partial charge on any atom is 0.424 e. The zero-order chi connectivity index (χ0) is 15.2. The molecule has 0 saturated carbocycles. The third-order valence-electron chi connectivity index (χ3n) is 2.46. The average Bonchev–Trinajstić information content (AvgIpc) is 2.35. The van der Waals surface area contributed by atoms with Crippen molar-refractivity contribution in [2.24, 2.45) is 5.84 Å². The van der Waals surface area contributed by atoms with E-state index in [2.05, 4.69) is 0 Å². The number of benzene rings is 1. The number of amides is 1. The van der Waals surface area contributed by atoms with Gasteiger partial charge in [-0.25, -0.2) is 15.6 Å². The molecule has 112 valence electrons. The fourth-order valence-electron chi connectivity index (χ4n) is 1.54. The van der Waals surface area contributed by atoms with Gasteiger partial charge in [0, 0.05) is 0 Å². The van der Waals surface area contributed by atoms with E-state index < -0.39 is 11.7 Å². The number of hydrogen-bond acceptors (Lipinski definition) is 4. The molecule has 0 fully saturated rings. The largest absolute Gasteiger partial charge is 0.443 e. The standard InChI is InChI=1S/C15H24N2O3/c1-12(19-11-13-8-6-5-7-9-13)10-17(16)14(18)20-15(2,3)4/h5-9,12H,10-11,16H2,1-4H3. The molecule has 0 spiro atoms. The molecule has 1 rings (SSSR count). The highest BCUT2D eigenvalue weighted by Crippen LogP contribution is 2.09. The van der Waals surface area contributed by atoms with Crippen LogP contribution in [0.15, 0.2) is 30.3 Å². The fraction of sp³-hybridized carbons (Fsp3) is 0.533. The topological polar surface area (TPSA) is 64.8 Å². The summed E-state index contributed by atoms with van der Waals surface area (Å²) < 4.78 is 10.8. The molecule has 0 aromatic heterocycles. The lowest BCUT2D eigenvalue weighted by atomic mass is 10.2. The number of ether oxygens (including phenoxy) is 2. The first-order chi connectivity index (χ1) is 9.28. The van der Waals surface area contributed by atoms with E-state index >= 15 is 0 Å². The van der Waals surface area contributed by atoms with E-state index in [1.54, 1.807) is 20.8 Å². The van der Waals surface area contributed by atoms with Gasteiger partial charge in [-0.1, -0.05) is 30.3 Å². The van der Waals surface area contributed by atoms with Crippen LogP contribution in [0.25, 0.3) is 0 Å². The Hall–Kier alpha value is -1.59. The number of hydrogen-bond donors (Lipinski definition) is 1. The minimum Gasteiger partial charge on any atom is -0.443 e. The predicted octanol–water partition coefficient (Wildman–Crippen LogP) is 2.70. The van der Waals surface area contributed by atoms with E-state index in [0.717, 1.165) is 10.6 Å². The summed E-state index contributed by atoms with van der Waals surface area (Å²) in [5, 5.41) is 1.04. The third kappa shape index (κ3) is 6.54. The number of carbonyl (C=O) groups is 1. The zero-order valence-corrected chi connectivity index (χ0v) is 12.6. The van der Waals surface area contributed by atoms with Gasteiger partial charge in [0.05, 0.1) is 19.3 Å². The van der Waals surface area contributed by atoms with Crippen LogP contribution < -0.4 is 5.84 Å². The lowest BCUT2D eigenvalue weighted by Crippen LogP contribution is -2.45. The van der Waals surface area contributed by atoms with E-state index in [9.17, 15) is 4.79 Å². The van der Waals surface area contributed by atoms with Gasteiger partial charge in [-0.15, -0.1) is 0 Å². The van der Waals surface area contributed by atoms with Crippen molar-refractivity contribution in [2.45, 2.75) is 46.0 Å². The third-order valence-corrected chi connectivity index (χ3v) is 2.46. The number of hydrazine groups is 1. The summed E-state index contributed by atoms with van der Waals surface area (Å²) in [4.78, 5) is 11.7. The molecular formula is C15H24N2O3. The van der Waals surface area contributed by atoms with Crippen LogP contribution in [0.5, 0.6) is 0 Å². The highest BCUT2D eigenvalue weighted by Gasteiger charge is 2.21. The number of nitrogens with zero attached hydrogens (tertiary/aromatic N) is 1. The minimum atomic E-state index is -0.553. The van der Waals surface area contributed by atoms with Crippen molar-refractivity contribution in [2.75, 3.05) is 6.54 Å². The monoisotopic (exact) mass is 280 g/mol. The zero-order valence-electron chi connectivity index (χ0n) is 12.6. The minimum absolute atomic E-state index is 0.173. The quantitative estimate of drug-likeness (QED) is 0.511. The summed E-state index contributed by atoms with van der Waals surface area (Å²) in [7, 11) is 0. The summed E-state index contributed by atoms with van der Waals surface area (Å²) in [6.45, 7) is 8.04. The normalized spacial score (nSPS) is 12.8. The van der Waals surface area contributed by atoms with Gasteiger partial charge >= 0.3 is 6.09 Å². The van der Waals surface area contributed by atoms with Crippen LogP contribution in [0.2, 0.25) is 0 Å². The van der Waals surface area contributed by atoms with Crippen molar-refractivity contribution < 1.29 is 14.3 Å². The van der Waals surface area contributed by atoms with Crippen molar-refractivity contribution in [3.63, 3.8) is 0 Å². The van der Waals surface area contributed by atoms with Crippen LogP contribution in [0.3, 0.4) is 0 Å². The molecule has 0 aliphatic rings. The lowest BCUT2D eigenvalue weighted by molar-refractivity contribution is -0.00222. The second kappa shape index (κ2) is 7.26. The molecule has 1 aromatic rings. The average molecular weight is 280 g/mol. The molecular weight excluding hydrogens is 256 g/mol. The van der Waals surface area contributed by atoms with Crippen LogP contribution in [0.4, 0.5) is 4.79 Å². The number of carbonyl (C=O) groups excluding carboxylic acids is 1. The Morgan fingerprint density at radius 3 is 2.45 bits per heavy atom. The summed E-state index contributed by atoms with van der Waals surface area (Å²) >= 11 is 0. The van der Waals surface area contributed by atoms with Gasteiger partial charge in [-0.05, 0) is 33.3 Å². The van der Waals surface area contributed by atoms with Crippen LogP contribution >= 0.6 is 0 Å². The van der Waals surface area contributed by atoms with E-state index in [1.165, 1.54) is 0 Å². The van der Waals surface area contributed by atoms with Crippen molar-refractivity contribution in [3.8, 4) is 0 Å². The Morgan fingerprint density at radius 1 is 1.30 bits per heavy atom. The molecule has 1 atom stereocenters. The van der Waals surface area contributed by atoms with Crippen molar-refractivity contribution >= 4 is 6.09 Å². The molecule has 20 heavy (non-hydrogen) atoms. The summed E-state index contributed by atoms with van der Waals surface area (Å²) in [6.07, 6.45) is -0.722. The van der Waals surface area contributed by atoms with Crippen LogP contribution in [0.1, 0.15) is 33.3 Å². The van der Waals surface area contributed by atoms with E-state index in [0.29, 0.717) is 6.61 Å². The molecule has 5 nitrogen and oxygen atoms in total. The Bertz CT molecular complexity index is 415.